The van der Waals surface area contributed by atoms with Crippen LogP contribution < -0.4 is 10.6 Å². The molecule has 1 aliphatic carbocycles. The maximum absolute atomic E-state index is 12.0. The summed E-state index contributed by atoms with van der Waals surface area (Å²) in [7, 11) is 0. The van der Waals surface area contributed by atoms with Crippen LogP contribution in [0.25, 0.3) is 0 Å². The summed E-state index contributed by atoms with van der Waals surface area (Å²) >= 11 is 1.30. The van der Waals surface area contributed by atoms with Gasteiger partial charge in [-0.25, -0.2) is 0 Å². The Morgan fingerprint density at radius 1 is 1.38 bits per heavy atom. The average Bonchev–Trinajstić information content (AvgIpc) is 3.09. The van der Waals surface area contributed by atoms with Crippen molar-refractivity contribution in [3.05, 3.63) is 34.5 Å². The molecular weight excluding hydrogens is 292 g/mol. The number of thiophene rings is 1. The average molecular weight is 308 g/mol. The van der Waals surface area contributed by atoms with Crippen LogP contribution in [-0.4, -0.2) is 35.0 Å². The second kappa shape index (κ2) is 6.53. The van der Waals surface area contributed by atoms with E-state index in [4.69, 9.17) is 5.11 Å². The Morgan fingerprint density at radius 3 is 2.71 bits per heavy atom. The highest BCUT2D eigenvalue weighted by molar-refractivity contribution is 7.12. The first-order valence-corrected chi connectivity index (χ1v) is 7.41. The van der Waals surface area contributed by atoms with E-state index >= 15 is 0 Å². The molecule has 0 saturated heterocycles. The van der Waals surface area contributed by atoms with Crippen molar-refractivity contribution in [2.45, 2.75) is 25.4 Å². The van der Waals surface area contributed by atoms with E-state index in [1.165, 1.54) is 11.3 Å². The second-order valence-electron chi connectivity index (χ2n) is 4.85. The van der Waals surface area contributed by atoms with Crippen LogP contribution in [-0.2, 0) is 9.59 Å². The summed E-state index contributed by atoms with van der Waals surface area (Å²) in [6.07, 6.45) is 3.58. The van der Waals surface area contributed by atoms with E-state index in [0.717, 1.165) is 0 Å². The monoisotopic (exact) mass is 308 g/mol. The van der Waals surface area contributed by atoms with Crippen LogP contribution in [0.4, 0.5) is 0 Å². The van der Waals surface area contributed by atoms with E-state index in [1.807, 2.05) is 0 Å². The number of carboxylic acids is 1. The first-order valence-electron chi connectivity index (χ1n) is 6.53. The Bertz CT molecular complexity index is 568. The fourth-order valence-electron chi connectivity index (χ4n) is 2.04. The van der Waals surface area contributed by atoms with E-state index < -0.39 is 17.9 Å². The molecule has 21 heavy (non-hydrogen) atoms. The molecule has 1 aromatic heterocycles. The fourth-order valence-corrected chi connectivity index (χ4v) is 2.66. The molecule has 3 atom stereocenters. The van der Waals surface area contributed by atoms with Crippen molar-refractivity contribution in [3.63, 3.8) is 0 Å². The molecule has 7 heteroatoms. The second-order valence-corrected chi connectivity index (χ2v) is 5.80. The summed E-state index contributed by atoms with van der Waals surface area (Å²) in [5.41, 5.74) is 0. The van der Waals surface area contributed by atoms with E-state index in [-0.39, 0.29) is 17.9 Å². The molecule has 2 amide bonds. The number of nitrogens with one attached hydrogen (secondary N) is 2. The maximum atomic E-state index is 12.0. The van der Waals surface area contributed by atoms with Gasteiger partial charge in [-0.15, -0.1) is 11.3 Å². The highest BCUT2D eigenvalue weighted by Crippen LogP contribution is 2.18. The Hall–Kier alpha value is -2.15. The number of hydrogen-bond donors (Lipinski definition) is 3. The summed E-state index contributed by atoms with van der Waals surface area (Å²) in [6, 6.07) is 2.46. The first-order chi connectivity index (χ1) is 9.97. The zero-order chi connectivity index (χ0) is 15.4. The Kier molecular flexibility index (Phi) is 4.74. The Morgan fingerprint density at radius 2 is 2.14 bits per heavy atom. The predicted molar refractivity (Wildman–Crippen MR) is 78.1 cm³/mol. The highest BCUT2D eigenvalue weighted by Gasteiger charge is 2.27. The molecule has 0 bridgehead atoms. The van der Waals surface area contributed by atoms with Gasteiger partial charge >= 0.3 is 5.97 Å². The summed E-state index contributed by atoms with van der Waals surface area (Å²) in [4.78, 5) is 35.2. The van der Waals surface area contributed by atoms with E-state index in [2.05, 4.69) is 10.6 Å². The summed E-state index contributed by atoms with van der Waals surface area (Å²) in [5, 5.41) is 16.0. The number of carboxylic acid groups (broad SMARTS) is 1. The number of carbonyl (C=O) groups is 3. The molecule has 1 aliphatic rings. The van der Waals surface area contributed by atoms with Crippen molar-refractivity contribution >= 4 is 29.1 Å². The minimum absolute atomic E-state index is 0.293. The van der Waals surface area contributed by atoms with Crippen LogP contribution >= 0.6 is 11.3 Å². The Labute approximate surface area is 125 Å². The van der Waals surface area contributed by atoms with Gasteiger partial charge in [-0.2, -0.15) is 0 Å². The van der Waals surface area contributed by atoms with Gasteiger partial charge in [-0.1, -0.05) is 18.2 Å². The van der Waals surface area contributed by atoms with Gasteiger partial charge in [0, 0.05) is 6.04 Å². The lowest BCUT2D eigenvalue weighted by Gasteiger charge is -2.17. The molecule has 1 heterocycles. The van der Waals surface area contributed by atoms with Crippen molar-refractivity contribution in [1.82, 2.24) is 10.6 Å². The van der Waals surface area contributed by atoms with Crippen LogP contribution in [0.5, 0.6) is 0 Å². The molecule has 1 aromatic rings. The van der Waals surface area contributed by atoms with Crippen molar-refractivity contribution in [2.75, 3.05) is 0 Å². The van der Waals surface area contributed by atoms with Gasteiger partial charge in [0.2, 0.25) is 5.91 Å². The third-order valence-corrected chi connectivity index (χ3v) is 4.08. The normalized spacial score (nSPS) is 21.8. The molecule has 2 rings (SSSR count). The molecule has 112 valence electrons. The molecule has 6 nitrogen and oxygen atoms in total. The van der Waals surface area contributed by atoms with Crippen LogP contribution in [0, 0.1) is 5.92 Å². The van der Waals surface area contributed by atoms with Crippen LogP contribution in [0.15, 0.2) is 29.7 Å². The predicted octanol–water partition coefficient (Wildman–Crippen LogP) is 1.01. The van der Waals surface area contributed by atoms with Gasteiger partial charge < -0.3 is 15.7 Å². The number of aliphatic carboxylic acids is 1. The number of hydrogen-bond acceptors (Lipinski definition) is 4. The van der Waals surface area contributed by atoms with Gasteiger partial charge in [-0.3, -0.25) is 14.4 Å². The van der Waals surface area contributed by atoms with Crippen molar-refractivity contribution in [3.8, 4) is 0 Å². The smallest absolute Gasteiger partial charge is 0.310 e. The molecule has 0 aromatic carbocycles. The van der Waals surface area contributed by atoms with E-state index in [0.29, 0.717) is 11.3 Å². The molecule has 3 unspecified atom stereocenters. The van der Waals surface area contributed by atoms with E-state index in [1.54, 1.807) is 36.6 Å². The number of amides is 2. The van der Waals surface area contributed by atoms with Gasteiger partial charge in [0.25, 0.3) is 5.91 Å². The third-order valence-electron chi connectivity index (χ3n) is 3.21. The van der Waals surface area contributed by atoms with Crippen molar-refractivity contribution in [1.29, 1.82) is 0 Å². The lowest BCUT2D eigenvalue weighted by molar-refractivity contribution is -0.140. The van der Waals surface area contributed by atoms with Gasteiger partial charge in [0.05, 0.1) is 10.8 Å². The molecule has 3 N–H and O–H groups in total. The standard InChI is InChI=1S/C14H16N2O4S/c1-8(15-13(18)11-3-2-6-21-11)12(17)16-10-5-4-9(7-10)14(19)20/h2-6,8-10H,7H2,1H3,(H,15,18)(H,16,17)(H,19,20). The van der Waals surface area contributed by atoms with Crippen LogP contribution in [0.3, 0.4) is 0 Å². The molecule has 0 saturated carbocycles. The quantitative estimate of drug-likeness (QED) is 0.707. The van der Waals surface area contributed by atoms with E-state index in [9.17, 15) is 14.4 Å². The minimum Gasteiger partial charge on any atom is -0.481 e. The first kappa shape index (κ1) is 15.2. The number of rotatable bonds is 5. The zero-order valence-corrected chi connectivity index (χ0v) is 12.2. The Balaban J connectivity index is 1.82. The number of carbonyl (C=O) groups excluding carboxylic acids is 2. The molecule has 0 radical (unpaired) electrons. The van der Waals surface area contributed by atoms with Crippen LogP contribution in [0.2, 0.25) is 0 Å². The maximum Gasteiger partial charge on any atom is 0.310 e. The largest absolute Gasteiger partial charge is 0.481 e. The SMILES string of the molecule is CC(NC(=O)c1cccs1)C(=O)NC1C=CC(C(=O)O)C1. The third kappa shape index (κ3) is 3.91. The molecule has 0 aliphatic heterocycles. The van der Waals surface area contributed by atoms with Crippen LogP contribution in [0.1, 0.15) is 23.0 Å². The van der Waals surface area contributed by atoms with Gasteiger partial charge in [0.15, 0.2) is 0 Å². The van der Waals surface area contributed by atoms with Gasteiger partial charge in [-0.05, 0) is 24.8 Å². The fraction of sp³-hybridized carbons (Fsp3) is 0.357. The molecular formula is C14H16N2O4S. The zero-order valence-electron chi connectivity index (χ0n) is 11.4. The topological polar surface area (TPSA) is 95.5 Å². The lowest BCUT2D eigenvalue weighted by atomic mass is 10.1. The summed E-state index contributed by atoms with van der Waals surface area (Å²) in [6.45, 7) is 1.59. The van der Waals surface area contributed by atoms with Crippen molar-refractivity contribution in [2.24, 2.45) is 5.92 Å². The summed E-state index contributed by atoms with van der Waals surface area (Å²) < 4.78 is 0. The summed E-state index contributed by atoms with van der Waals surface area (Å²) in [5.74, 6) is -2.09. The lowest BCUT2D eigenvalue weighted by Crippen LogP contribution is -2.47. The highest BCUT2D eigenvalue weighted by atomic mass is 32.1. The molecule has 0 fully saturated rings. The van der Waals surface area contributed by atoms with Crippen molar-refractivity contribution < 1.29 is 19.5 Å². The minimum atomic E-state index is -0.901. The van der Waals surface area contributed by atoms with Gasteiger partial charge in [0.1, 0.15) is 6.04 Å². The molecule has 0 spiro atoms.